The summed E-state index contributed by atoms with van der Waals surface area (Å²) in [7, 11) is 4.00. The molecule has 2 atom stereocenters. The van der Waals surface area contributed by atoms with Gasteiger partial charge in [0.2, 0.25) is 0 Å². The molecule has 1 heterocycles. The second-order valence-corrected chi connectivity index (χ2v) is 7.52. The molecule has 1 aromatic carbocycles. The number of likely N-dealkylation sites (tertiary alicyclic amines) is 1. The van der Waals surface area contributed by atoms with Crippen LogP contribution in [0.4, 0.5) is 16.2 Å². The summed E-state index contributed by atoms with van der Waals surface area (Å²) in [5.41, 5.74) is 2.49. The Bertz CT molecular complexity index is 617. The highest BCUT2D eigenvalue weighted by molar-refractivity contribution is 5.91. The third-order valence-corrected chi connectivity index (χ3v) is 5.74. The number of carbonyl (C=O) groups is 1. The number of aliphatic hydroxyl groups is 1. The van der Waals surface area contributed by atoms with Crippen molar-refractivity contribution in [3.05, 3.63) is 23.8 Å². The molecule has 2 aliphatic rings. The minimum Gasteiger partial charge on any atom is -0.389 e. The minimum absolute atomic E-state index is 0.0540. The summed E-state index contributed by atoms with van der Waals surface area (Å²) in [5, 5.41) is 13.8. The maximum atomic E-state index is 12.7. The fraction of sp³-hybridized carbons (Fsp3) is 0.632. The zero-order valence-electron chi connectivity index (χ0n) is 15.0. The molecule has 5 heteroatoms. The molecule has 3 rings (SSSR count). The van der Waals surface area contributed by atoms with Crippen molar-refractivity contribution in [1.29, 1.82) is 0 Å². The van der Waals surface area contributed by atoms with Crippen molar-refractivity contribution in [1.82, 2.24) is 4.90 Å². The second-order valence-electron chi connectivity index (χ2n) is 7.52. The first-order valence-electron chi connectivity index (χ1n) is 8.96. The molecular weight excluding hydrogens is 302 g/mol. The first-order valence-corrected chi connectivity index (χ1v) is 8.96. The zero-order valence-corrected chi connectivity index (χ0v) is 15.0. The van der Waals surface area contributed by atoms with Crippen LogP contribution in [0.15, 0.2) is 18.2 Å². The average molecular weight is 331 g/mol. The number of hydrogen-bond donors (Lipinski definition) is 2. The maximum absolute atomic E-state index is 12.7. The van der Waals surface area contributed by atoms with Crippen molar-refractivity contribution in [2.24, 2.45) is 5.92 Å². The van der Waals surface area contributed by atoms with Gasteiger partial charge in [-0.25, -0.2) is 4.79 Å². The summed E-state index contributed by atoms with van der Waals surface area (Å²) in [5.74, 6) is 0.222. The molecule has 2 fully saturated rings. The van der Waals surface area contributed by atoms with Gasteiger partial charge in [-0.3, -0.25) is 0 Å². The predicted molar refractivity (Wildman–Crippen MR) is 97.6 cm³/mol. The zero-order chi connectivity index (χ0) is 17.3. The number of amides is 2. The lowest BCUT2D eigenvalue weighted by atomic mass is 9.71. The molecule has 0 radical (unpaired) electrons. The smallest absolute Gasteiger partial charge is 0.321 e. The molecule has 1 saturated heterocycles. The molecule has 1 aromatic rings. The molecule has 0 aromatic heterocycles. The van der Waals surface area contributed by atoms with Crippen LogP contribution in [0.3, 0.4) is 0 Å². The van der Waals surface area contributed by atoms with E-state index in [1.165, 1.54) is 0 Å². The molecule has 2 N–H and O–H groups in total. The third kappa shape index (κ3) is 3.22. The van der Waals surface area contributed by atoms with Gasteiger partial charge in [0.25, 0.3) is 0 Å². The molecule has 2 amide bonds. The molecule has 1 aliphatic heterocycles. The van der Waals surface area contributed by atoms with Crippen LogP contribution in [0.2, 0.25) is 0 Å². The van der Waals surface area contributed by atoms with E-state index < -0.39 is 5.60 Å². The summed E-state index contributed by atoms with van der Waals surface area (Å²) in [6.45, 7) is 3.32. The molecule has 2 unspecified atom stereocenters. The quantitative estimate of drug-likeness (QED) is 0.875. The van der Waals surface area contributed by atoms with Gasteiger partial charge < -0.3 is 20.2 Å². The SMILES string of the molecule is Cc1c(NC(=O)N2CCC3(O)CCCCC3C2)cccc1N(C)C. The normalized spacial score (nSPS) is 26.7. The molecule has 0 spiro atoms. The van der Waals surface area contributed by atoms with Crippen LogP contribution < -0.4 is 10.2 Å². The van der Waals surface area contributed by atoms with Crippen LogP contribution in [-0.4, -0.2) is 48.8 Å². The van der Waals surface area contributed by atoms with Crippen LogP contribution in [0, 0.1) is 12.8 Å². The van der Waals surface area contributed by atoms with Crippen molar-refractivity contribution >= 4 is 17.4 Å². The lowest BCUT2D eigenvalue weighted by Gasteiger charge is -2.47. The number of fused-ring (bicyclic) bond motifs is 1. The topological polar surface area (TPSA) is 55.8 Å². The molecule has 24 heavy (non-hydrogen) atoms. The molecule has 0 bridgehead atoms. The Morgan fingerprint density at radius 3 is 2.88 bits per heavy atom. The fourth-order valence-electron chi connectivity index (χ4n) is 4.19. The van der Waals surface area contributed by atoms with Gasteiger partial charge in [-0.05, 0) is 43.9 Å². The van der Waals surface area contributed by atoms with Crippen LogP contribution in [0.1, 0.15) is 37.7 Å². The van der Waals surface area contributed by atoms with Crippen LogP contribution in [-0.2, 0) is 0 Å². The van der Waals surface area contributed by atoms with E-state index in [1.54, 1.807) is 0 Å². The van der Waals surface area contributed by atoms with Gasteiger partial charge in [0.1, 0.15) is 0 Å². The molecule has 132 valence electrons. The van der Waals surface area contributed by atoms with Gasteiger partial charge in [-0.15, -0.1) is 0 Å². The second kappa shape index (κ2) is 6.63. The Kier molecular flexibility index (Phi) is 4.72. The number of hydrogen-bond acceptors (Lipinski definition) is 3. The van der Waals surface area contributed by atoms with E-state index in [0.717, 1.165) is 42.6 Å². The largest absolute Gasteiger partial charge is 0.389 e. The van der Waals surface area contributed by atoms with E-state index in [0.29, 0.717) is 19.5 Å². The Balaban J connectivity index is 1.69. The summed E-state index contributed by atoms with van der Waals surface area (Å²) < 4.78 is 0. The first-order chi connectivity index (χ1) is 11.4. The third-order valence-electron chi connectivity index (χ3n) is 5.74. The number of rotatable bonds is 2. The van der Waals surface area contributed by atoms with Gasteiger partial charge in [-0.2, -0.15) is 0 Å². The van der Waals surface area contributed by atoms with E-state index in [2.05, 4.69) is 5.32 Å². The highest BCUT2D eigenvalue weighted by Gasteiger charge is 2.43. The van der Waals surface area contributed by atoms with Gasteiger partial charge in [0.05, 0.1) is 5.60 Å². The van der Waals surface area contributed by atoms with Gasteiger partial charge in [-0.1, -0.05) is 18.9 Å². The fourth-order valence-corrected chi connectivity index (χ4v) is 4.19. The Hall–Kier alpha value is -1.75. The van der Waals surface area contributed by atoms with Crippen LogP contribution >= 0.6 is 0 Å². The number of nitrogens with zero attached hydrogens (tertiary/aromatic N) is 2. The Morgan fingerprint density at radius 1 is 1.33 bits per heavy atom. The lowest BCUT2D eigenvalue weighted by molar-refractivity contribution is -0.0863. The van der Waals surface area contributed by atoms with Crippen molar-refractivity contribution < 1.29 is 9.90 Å². The number of benzene rings is 1. The lowest BCUT2D eigenvalue weighted by Crippen LogP contribution is -2.55. The summed E-state index contributed by atoms with van der Waals surface area (Å²) in [6, 6.07) is 5.91. The van der Waals surface area contributed by atoms with E-state index in [4.69, 9.17) is 0 Å². The number of urea groups is 1. The van der Waals surface area contributed by atoms with E-state index >= 15 is 0 Å². The number of nitrogens with one attached hydrogen (secondary N) is 1. The predicted octanol–water partition coefficient (Wildman–Crippen LogP) is 3.22. The highest BCUT2D eigenvalue weighted by Crippen LogP contribution is 2.40. The molecule has 1 saturated carbocycles. The number of anilines is 2. The minimum atomic E-state index is -0.546. The molecular formula is C19H29N3O2. The highest BCUT2D eigenvalue weighted by atomic mass is 16.3. The van der Waals surface area contributed by atoms with Gasteiger partial charge >= 0.3 is 6.03 Å². The Morgan fingerprint density at radius 2 is 2.12 bits per heavy atom. The van der Waals surface area contributed by atoms with E-state index in [-0.39, 0.29) is 11.9 Å². The monoisotopic (exact) mass is 331 g/mol. The summed E-state index contributed by atoms with van der Waals surface area (Å²) in [6.07, 6.45) is 4.87. The van der Waals surface area contributed by atoms with Crippen LogP contribution in [0.25, 0.3) is 0 Å². The van der Waals surface area contributed by atoms with Crippen LogP contribution in [0.5, 0.6) is 0 Å². The number of carbonyl (C=O) groups excluding carboxylic acids is 1. The van der Waals surface area contributed by atoms with Gasteiger partial charge in [0.15, 0.2) is 0 Å². The van der Waals surface area contributed by atoms with E-state index in [1.807, 2.05) is 49.0 Å². The average Bonchev–Trinajstić information content (AvgIpc) is 2.55. The summed E-state index contributed by atoms with van der Waals surface area (Å²) >= 11 is 0. The van der Waals surface area contributed by atoms with Crippen molar-refractivity contribution in [2.45, 2.75) is 44.6 Å². The summed E-state index contributed by atoms with van der Waals surface area (Å²) in [4.78, 5) is 16.6. The van der Waals surface area contributed by atoms with E-state index in [9.17, 15) is 9.90 Å². The van der Waals surface area contributed by atoms with Crippen molar-refractivity contribution in [3.63, 3.8) is 0 Å². The molecule has 5 nitrogen and oxygen atoms in total. The Labute approximate surface area is 144 Å². The standard InChI is InChI=1S/C19H29N3O2/c1-14-16(8-6-9-17(14)21(2)3)20-18(23)22-12-11-19(24)10-5-4-7-15(19)13-22/h6,8-9,15,24H,4-5,7,10-13H2,1-3H3,(H,20,23). The first kappa shape index (κ1) is 17.1. The van der Waals surface area contributed by atoms with Crippen molar-refractivity contribution in [3.8, 4) is 0 Å². The van der Waals surface area contributed by atoms with Crippen molar-refractivity contribution in [2.75, 3.05) is 37.4 Å². The maximum Gasteiger partial charge on any atom is 0.321 e. The molecule has 1 aliphatic carbocycles. The number of piperidine rings is 1. The van der Waals surface area contributed by atoms with Gasteiger partial charge in [0, 0.05) is 44.5 Å².